The van der Waals surface area contributed by atoms with Gasteiger partial charge in [-0.05, 0) is 62.1 Å². The van der Waals surface area contributed by atoms with Gasteiger partial charge in [-0.15, -0.1) is 0 Å². The molecule has 202 valence electrons. The van der Waals surface area contributed by atoms with Gasteiger partial charge >= 0.3 is 0 Å². The second-order valence-corrected chi connectivity index (χ2v) is 12.1. The van der Waals surface area contributed by atoms with Crippen LogP contribution in [0.4, 0.5) is 5.69 Å². The average molecular weight is 571 g/mol. The largest absolute Gasteiger partial charge is 0.495 e. The summed E-state index contributed by atoms with van der Waals surface area (Å²) in [6.07, 6.45) is 4.90. The molecule has 0 bridgehead atoms. The first-order chi connectivity index (χ1) is 17.4. The zero-order chi connectivity index (χ0) is 27.3. The predicted molar refractivity (Wildman–Crippen MR) is 147 cm³/mol. The van der Waals surface area contributed by atoms with Crippen molar-refractivity contribution in [3.8, 4) is 5.75 Å². The fourth-order valence-electron chi connectivity index (χ4n) is 4.40. The highest BCUT2D eigenvalue weighted by molar-refractivity contribution is 7.92. The minimum Gasteiger partial charge on any atom is -0.495 e. The van der Waals surface area contributed by atoms with Crippen molar-refractivity contribution in [1.82, 2.24) is 10.2 Å². The topological polar surface area (TPSA) is 96.0 Å². The Kier molecular flexibility index (Phi) is 9.72. The third kappa shape index (κ3) is 7.52. The molecule has 3 rings (SSSR count). The number of hydrogen-bond donors (Lipinski definition) is 1. The predicted octanol–water partition coefficient (Wildman–Crippen LogP) is 4.55. The van der Waals surface area contributed by atoms with Crippen molar-refractivity contribution in [1.29, 1.82) is 0 Å². The van der Waals surface area contributed by atoms with E-state index in [1.807, 2.05) is 6.92 Å². The summed E-state index contributed by atoms with van der Waals surface area (Å²) < 4.78 is 32.1. The summed E-state index contributed by atoms with van der Waals surface area (Å²) in [4.78, 5) is 28.3. The van der Waals surface area contributed by atoms with Gasteiger partial charge in [0, 0.05) is 22.6 Å². The third-order valence-corrected chi connectivity index (χ3v) is 8.22. The number of nitrogens with zero attached hydrogens (tertiary/aromatic N) is 2. The van der Waals surface area contributed by atoms with E-state index in [9.17, 15) is 18.0 Å². The van der Waals surface area contributed by atoms with Gasteiger partial charge in [0.15, 0.2) is 0 Å². The Bertz CT molecular complexity index is 1250. The Morgan fingerprint density at radius 1 is 1.14 bits per heavy atom. The third-order valence-electron chi connectivity index (χ3n) is 6.51. The summed E-state index contributed by atoms with van der Waals surface area (Å²) in [5, 5.41) is 3.81. The second-order valence-electron chi connectivity index (χ2n) is 9.37. The van der Waals surface area contributed by atoms with Crippen molar-refractivity contribution in [2.45, 2.75) is 58.2 Å². The lowest BCUT2D eigenvalue weighted by Gasteiger charge is -2.32. The van der Waals surface area contributed by atoms with Gasteiger partial charge in [-0.3, -0.25) is 13.9 Å². The van der Waals surface area contributed by atoms with E-state index in [1.54, 1.807) is 43.3 Å². The minimum absolute atomic E-state index is 0.00333. The van der Waals surface area contributed by atoms with Crippen LogP contribution in [0.2, 0.25) is 10.0 Å². The lowest BCUT2D eigenvalue weighted by molar-refractivity contribution is -0.139. The fourth-order valence-corrected chi connectivity index (χ4v) is 5.71. The second kappa shape index (κ2) is 12.4. The first-order valence-electron chi connectivity index (χ1n) is 12.1. The van der Waals surface area contributed by atoms with Crippen LogP contribution in [0.5, 0.6) is 5.75 Å². The number of benzene rings is 2. The van der Waals surface area contributed by atoms with Gasteiger partial charge in [0.05, 0.1) is 19.1 Å². The van der Waals surface area contributed by atoms with Crippen LogP contribution in [0.3, 0.4) is 0 Å². The molecule has 1 fully saturated rings. The molecular formula is C26H33Cl2N3O5S. The van der Waals surface area contributed by atoms with Gasteiger partial charge < -0.3 is 15.0 Å². The molecule has 0 radical (unpaired) electrons. The quantitative estimate of drug-likeness (QED) is 0.452. The van der Waals surface area contributed by atoms with Gasteiger partial charge in [0.1, 0.15) is 18.3 Å². The van der Waals surface area contributed by atoms with E-state index in [-0.39, 0.29) is 24.2 Å². The molecule has 1 atom stereocenters. The molecule has 1 aliphatic rings. The number of methoxy groups -OCH3 is 1. The van der Waals surface area contributed by atoms with Crippen molar-refractivity contribution < 1.29 is 22.7 Å². The Balaban J connectivity index is 1.96. The molecule has 0 spiro atoms. The number of amides is 2. The number of anilines is 1. The molecule has 1 saturated carbocycles. The molecule has 1 aliphatic carbocycles. The number of sulfonamides is 1. The fraction of sp³-hybridized carbons (Fsp3) is 0.462. The van der Waals surface area contributed by atoms with Crippen LogP contribution in [0.1, 0.15) is 43.7 Å². The molecule has 11 heteroatoms. The number of carbonyl (C=O) groups is 2. The smallest absolute Gasteiger partial charge is 0.244 e. The number of ether oxygens (including phenoxy) is 1. The summed E-state index contributed by atoms with van der Waals surface area (Å²) >= 11 is 12.4. The molecule has 8 nitrogen and oxygen atoms in total. The summed E-state index contributed by atoms with van der Waals surface area (Å²) in [6.45, 7) is 2.92. The van der Waals surface area contributed by atoms with E-state index in [2.05, 4.69) is 5.32 Å². The summed E-state index contributed by atoms with van der Waals surface area (Å²) in [5.74, 6) is -0.554. The first kappa shape index (κ1) is 29.1. The van der Waals surface area contributed by atoms with Crippen LogP contribution >= 0.6 is 23.2 Å². The Hall–Kier alpha value is -2.49. The molecule has 37 heavy (non-hydrogen) atoms. The van der Waals surface area contributed by atoms with Gasteiger partial charge in [-0.25, -0.2) is 8.42 Å². The number of carbonyl (C=O) groups excluding carboxylic acids is 2. The standard InChI is InChI=1S/C26H33Cl2N3O5S/c1-17-9-12-24(36-3)23(13-17)31(37(4,34)35)16-25(32)30(15-19-10-11-20(27)14-22(19)28)18(2)26(33)29-21-7-5-6-8-21/h9-14,18,21H,5-8,15-16H2,1-4H3,(H,29,33). The molecule has 0 heterocycles. The van der Waals surface area contributed by atoms with Crippen LogP contribution in [-0.2, 0) is 26.2 Å². The monoisotopic (exact) mass is 569 g/mol. The maximum Gasteiger partial charge on any atom is 0.244 e. The molecule has 2 aromatic carbocycles. The van der Waals surface area contributed by atoms with E-state index in [0.717, 1.165) is 41.8 Å². The van der Waals surface area contributed by atoms with Crippen molar-refractivity contribution in [2.75, 3.05) is 24.2 Å². The molecule has 2 aromatic rings. The average Bonchev–Trinajstić information content (AvgIpc) is 3.33. The van der Waals surface area contributed by atoms with Crippen molar-refractivity contribution in [3.63, 3.8) is 0 Å². The maximum absolute atomic E-state index is 13.8. The van der Waals surface area contributed by atoms with E-state index in [0.29, 0.717) is 21.4 Å². The number of halogens is 2. The number of hydrogen-bond acceptors (Lipinski definition) is 5. The van der Waals surface area contributed by atoms with Crippen LogP contribution in [0, 0.1) is 6.92 Å². The summed E-state index contributed by atoms with van der Waals surface area (Å²) in [7, 11) is -2.45. The van der Waals surface area contributed by atoms with Crippen LogP contribution in [0.25, 0.3) is 0 Å². The van der Waals surface area contributed by atoms with Gasteiger partial charge in [0.25, 0.3) is 0 Å². The Morgan fingerprint density at radius 3 is 2.41 bits per heavy atom. The SMILES string of the molecule is COc1ccc(C)cc1N(CC(=O)N(Cc1ccc(Cl)cc1Cl)C(C)C(=O)NC1CCCC1)S(C)(=O)=O. The molecule has 0 saturated heterocycles. The van der Waals surface area contributed by atoms with Gasteiger partial charge in [-0.2, -0.15) is 0 Å². The van der Waals surface area contributed by atoms with E-state index < -0.39 is 28.5 Å². The molecular weight excluding hydrogens is 537 g/mol. The molecule has 0 aromatic heterocycles. The minimum atomic E-state index is -3.89. The van der Waals surface area contributed by atoms with Crippen LogP contribution < -0.4 is 14.4 Å². The number of nitrogens with one attached hydrogen (secondary N) is 1. The van der Waals surface area contributed by atoms with Gasteiger partial charge in [0.2, 0.25) is 21.8 Å². The van der Waals surface area contributed by atoms with Crippen molar-refractivity contribution in [3.05, 3.63) is 57.6 Å². The van der Waals surface area contributed by atoms with E-state index >= 15 is 0 Å². The number of rotatable bonds is 10. The highest BCUT2D eigenvalue weighted by Crippen LogP contribution is 2.31. The molecule has 0 aliphatic heterocycles. The summed E-state index contributed by atoms with van der Waals surface area (Å²) in [5.41, 5.74) is 1.62. The van der Waals surface area contributed by atoms with Crippen LogP contribution in [-0.4, -0.2) is 57.1 Å². The zero-order valence-corrected chi connectivity index (χ0v) is 23.8. The normalized spacial score (nSPS) is 14.8. The summed E-state index contributed by atoms with van der Waals surface area (Å²) in [6, 6.07) is 9.16. The molecule has 2 amide bonds. The zero-order valence-electron chi connectivity index (χ0n) is 21.5. The van der Waals surface area contributed by atoms with Crippen LogP contribution in [0.15, 0.2) is 36.4 Å². The highest BCUT2D eigenvalue weighted by atomic mass is 35.5. The lowest BCUT2D eigenvalue weighted by Crippen LogP contribution is -2.52. The lowest BCUT2D eigenvalue weighted by atomic mass is 10.1. The van der Waals surface area contributed by atoms with E-state index in [1.165, 1.54) is 12.0 Å². The van der Waals surface area contributed by atoms with E-state index in [4.69, 9.17) is 27.9 Å². The number of aryl methyl sites for hydroxylation is 1. The van der Waals surface area contributed by atoms with Crippen molar-refractivity contribution in [2.24, 2.45) is 0 Å². The molecule has 1 N–H and O–H groups in total. The maximum atomic E-state index is 13.8. The Labute approximate surface area is 228 Å². The van der Waals surface area contributed by atoms with Gasteiger partial charge in [-0.1, -0.05) is 48.2 Å². The highest BCUT2D eigenvalue weighted by Gasteiger charge is 2.32. The Morgan fingerprint density at radius 2 is 1.81 bits per heavy atom. The molecule has 1 unspecified atom stereocenters. The van der Waals surface area contributed by atoms with Crippen molar-refractivity contribution >= 4 is 50.7 Å². The first-order valence-corrected chi connectivity index (χ1v) is 14.7.